The van der Waals surface area contributed by atoms with Gasteiger partial charge in [0, 0.05) is 10.9 Å². The molecule has 0 aliphatic carbocycles. The number of carbonyl (C=O) groups is 1. The number of hydrogen-bond acceptors (Lipinski definition) is 4. The Morgan fingerprint density at radius 1 is 1.33 bits per heavy atom. The summed E-state index contributed by atoms with van der Waals surface area (Å²) in [6, 6.07) is 4.62. The second-order valence-electron chi connectivity index (χ2n) is 5.54. The highest BCUT2D eigenvalue weighted by Gasteiger charge is 2.27. The average molecular weight is 378 g/mol. The van der Waals surface area contributed by atoms with Crippen molar-refractivity contribution in [1.29, 1.82) is 0 Å². The summed E-state index contributed by atoms with van der Waals surface area (Å²) >= 11 is 3.29. The zero-order valence-electron chi connectivity index (χ0n) is 12.6. The fourth-order valence-electron chi connectivity index (χ4n) is 1.72. The lowest BCUT2D eigenvalue weighted by Gasteiger charge is -2.21. The van der Waals surface area contributed by atoms with Gasteiger partial charge < -0.3 is 4.74 Å². The predicted octanol–water partition coefficient (Wildman–Crippen LogP) is 2.84. The van der Waals surface area contributed by atoms with E-state index in [1.54, 1.807) is 33.8 Å². The minimum atomic E-state index is -3.80. The first kappa shape index (κ1) is 18.1. The van der Waals surface area contributed by atoms with Crippen molar-refractivity contribution in [3.8, 4) is 0 Å². The van der Waals surface area contributed by atoms with Crippen molar-refractivity contribution in [3.63, 3.8) is 0 Å². The molecule has 0 aromatic heterocycles. The van der Waals surface area contributed by atoms with E-state index < -0.39 is 21.5 Å². The number of halogens is 1. The van der Waals surface area contributed by atoms with Gasteiger partial charge in [-0.25, -0.2) is 17.9 Å². The van der Waals surface area contributed by atoms with Crippen LogP contribution >= 0.6 is 15.9 Å². The molecule has 0 bridgehead atoms. The predicted molar refractivity (Wildman–Crippen MR) is 85.1 cm³/mol. The van der Waals surface area contributed by atoms with Gasteiger partial charge in [0.2, 0.25) is 10.0 Å². The molecule has 0 heterocycles. The molecule has 0 aliphatic rings. The maximum Gasteiger partial charge on any atom is 0.339 e. The lowest BCUT2D eigenvalue weighted by Crippen LogP contribution is -2.41. The zero-order valence-corrected chi connectivity index (χ0v) is 15.0. The number of nitrogens with one attached hydrogen (secondary N) is 1. The van der Waals surface area contributed by atoms with Gasteiger partial charge in [-0.05, 0) is 45.4 Å². The van der Waals surface area contributed by atoms with E-state index >= 15 is 0 Å². The molecule has 1 rings (SSSR count). The smallest absolute Gasteiger partial charge is 0.339 e. The number of carbonyl (C=O) groups excluding carboxylic acids is 1. The number of alkyl halides is 1. The second kappa shape index (κ2) is 6.89. The first-order chi connectivity index (χ1) is 9.60. The van der Waals surface area contributed by atoms with E-state index in [0.29, 0.717) is 5.33 Å². The lowest BCUT2D eigenvalue weighted by molar-refractivity contribution is 0.0521. The minimum absolute atomic E-state index is 0.0468. The molecule has 0 atom stereocenters. The van der Waals surface area contributed by atoms with Crippen LogP contribution in [0.1, 0.15) is 43.6 Å². The molecule has 0 spiro atoms. The van der Waals surface area contributed by atoms with Crippen molar-refractivity contribution in [2.24, 2.45) is 0 Å². The van der Waals surface area contributed by atoms with Gasteiger partial charge in [-0.2, -0.15) is 0 Å². The quantitative estimate of drug-likeness (QED) is 0.632. The summed E-state index contributed by atoms with van der Waals surface area (Å²) in [7, 11) is -3.80. The minimum Gasteiger partial charge on any atom is -0.462 e. The summed E-state index contributed by atoms with van der Waals surface area (Å²) in [5.74, 6) is -0.644. The van der Waals surface area contributed by atoms with Gasteiger partial charge in [0.15, 0.2) is 0 Å². The molecule has 118 valence electrons. The Hall–Kier alpha value is -0.920. The van der Waals surface area contributed by atoms with E-state index in [0.717, 1.165) is 5.56 Å². The maximum atomic E-state index is 12.4. The summed E-state index contributed by atoms with van der Waals surface area (Å²) in [5, 5.41) is 0.520. The van der Waals surface area contributed by atoms with Crippen LogP contribution in [-0.4, -0.2) is 26.5 Å². The molecule has 0 saturated carbocycles. The molecule has 0 unspecified atom stereocenters. The van der Waals surface area contributed by atoms with Crippen molar-refractivity contribution < 1.29 is 17.9 Å². The van der Waals surface area contributed by atoms with Crippen LogP contribution in [0.2, 0.25) is 0 Å². The van der Waals surface area contributed by atoms with Crippen LogP contribution in [0.3, 0.4) is 0 Å². The summed E-state index contributed by atoms with van der Waals surface area (Å²) < 4.78 is 32.4. The Kier molecular flexibility index (Phi) is 5.95. The van der Waals surface area contributed by atoms with Crippen molar-refractivity contribution in [2.45, 2.75) is 43.5 Å². The van der Waals surface area contributed by atoms with Crippen LogP contribution < -0.4 is 4.72 Å². The molecule has 0 aliphatic heterocycles. The summed E-state index contributed by atoms with van der Waals surface area (Å²) in [6.07, 6.45) is 0. The van der Waals surface area contributed by atoms with Gasteiger partial charge in [-0.1, -0.05) is 22.0 Å². The largest absolute Gasteiger partial charge is 0.462 e. The molecule has 0 radical (unpaired) electrons. The normalized spacial score (nSPS) is 12.2. The van der Waals surface area contributed by atoms with Crippen molar-refractivity contribution in [3.05, 3.63) is 29.3 Å². The molecule has 7 heteroatoms. The van der Waals surface area contributed by atoms with Crippen LogP contribution in [0.25, 0.3) is 0 Å². The number of sulfonamides is 1. The fraction of sp³-hybridized carbons (Fsp3) is 0.500. The standard InChI is InChI=1S/C14H20BrNO4S/c1-5-20-13(17)11-8-10(9-15)6-7-12(11)21(18,19)16-14(2,3)4/h6-8,16H,5,9H2,1-4H3. The van der Waals surface area contributed by atoms with E-state index in [4.69, 9.17) is 4.74 Å². The Morgan fingerprint density at radius 3 is 2.43 bits per heavy atom. The van der Waals surface area contributed by atoms with Crippen molar-refractivity contribution >= 4 is 31.9 Å². The van der Waals surface area contributed by atoms with Crippen LogP contribution in [-0.2, 0) is 20.1 Å². The third-order valence-corrected chi connectivity index (χ3v) is 4.89. The molecule has 0 saturated heterocycles. The Bertz CT molecular complexity index is 620. The number of rotatable bonds is 5. The Morgan fingerprint density at radius 2 is 1.95 bits per heavy atom. The monoisotopic (exact) mass is 377 g/mol. The number of esters is 1. The summed E-state index contributed by atoms with van der Waals surface area (Å²) in [6.45, 7) is 7.07. The Labute approximate surface area is 134 Å². The first-order valence-corrected chi connectivity index (χ1v) is 9.11. The van der Waals surface area contributed by atoms with E-state index in [9.17, 15) is 13.2 Å². The van der Waals surface area contributed by atoms with Crippen LogP contribution in [0.5, 0.6) is 0 Å². The van der Waals surface area contributed by atoms with Gasteiger partial charge in [0.25, 0.3) is 0 Å². The van der Waals surface area contributed by atoms with E-state index in [-0.39, 0.29) is 17.1 Å². The molecular formula is C14H20BrNO4S. The number of ether oxygens (including phenoxy) is 1. The highest BCUT2D eigenvalue weighted by atomic mass is 79.9. The molecule has 21 heavy (non-hydrogen) atoms. The SMILES string of the molecule is CCOC(=O)c1cc(CBr)ccc1S(=O)(=O)NC(C)(C)C. The van der Waals surface area contributed by atoms with Gasteiger partial charge in [-0.15, -0.1) is 0 Å². The van der Waals surface area contributed by atoms with Crippen molar-refractivity contribution in [2.75, 3.05) is 6.61 Å². The van der Waals surface area contributed by atoms with Gasteiger partial charge >= 0.3 is 5.97 Å². The van der Waals surface area contributed by atoms with Crippen molar-refractivity contribution in [1.82, 2.24) is 4.72 Å². The third-order valence-electron chi connectivity index (χ3n) is 2.42. The molecule has 1 N–H and O–H groups in total. The van der Waals surface area contributed by atoms with E-state index in [1.165, 1.54) is 12.1 Å². The fourth-order valence-corrected chi connectivity index (χ4v) is 3.66. The molecule has 0 amide bonds. The summed E-state index contributed by atoms with van der Waals surface area (Å²) in [5.41, 5.74) is 0.206. The third kappa shape index (κ3) is 5.09. The second-order valence-corrected chi connectivity index (χ2v) is 7.75. The van der Waals surface area contributed by atoms with Crippen LogP contribution in [0.15, 0.2) is 23.1 Å². The Balaban J connectivity index is 3.38. The highest BCUT2D eigenvalue weighted by molar-refractivity contribution is 9.08. The van der Waals surface area contributed by atoms with E-state index in [1.807, 2.05) is 0 Å². The van der Waals surface area contributed by atoms with Gasteiger partial charge in [0.05, 0.1) is 17.1 Å². The lowest BCUT2D eigenvalue weighted by atomic mass is 10.1. The topological polar surface area (TPSA) is 72.5 Å². The maximum absolute atomic E-state index is 12.4. The highest BCUT2D eigenvalue weighted by Crippen LogP contribution is 2.21. The zero-order chi connectivity index (χ0) is 16.3. The molecular weight excluding hydrogens is 358 g/mol. The number of hydrogen-bond donors (Lipinski definition) is 1. The summed E-state index contributed by atoms with van der Waals surface area (Å²) in [4.78, 5) is 11.9. The van der Waals surface area contributed by atoms with Crippen LogP contribution in [0.4, 0.5) is 0 Å². The molecule has 5 nitrogen and oxygen atoms in total. The molecule has 0 fully saturated rings. The molecule has 1 aromatic rings. The number of benzene rings is 1. The van der Waals surface area contributed by atoms with Crippen LogP contribution in [0, 0.1) is 0 Å². The molecule has 1 aromatic carbocycles. The average Bonchev–Trinajstić information content (AvgIpc) is 2.35. The first-order valence-electron chi connectivity index (χ1n) is 6.50. The van der Waals surface area contributed by atoms with E-state index in [2.05, 4.69) is 20.7 Å². The van der Waals surface area contributed by atoms with Gasteiger partial charge in [-0.3, -0.25) is 0 Å². The van der Waals surface area contributed by atoms with Gasteiger partial charge in [0.1, 0.15) is 0 Å².